The highest BCUT2D eigenvalue weighted by Crippen LogP contribution is 2.21. The van der Waals surface area contributed by atoms with Crippen LogP contribution >= 0.6 is 0 Å². The zero-order chi connectivity index (χ0) is 17.7. The van der Waals surface area contributed by atoms with Crippen molar-refractivity contribution in [2.75, 3.05) is 39.4 Å². The summed E-state index contributed by atoms with van der Waals surface area (Å²) in [6.07, 6.45) is 1.63. The van der Waals surface area contributed by atoms with Crippen molar-refractivity contribution in [3.63, 3.8) is 0 Å². The molecule has 2 heterocycles. The molecule has 3 amide bonds. The second-order valence-electron chi connectivity index (χ2n) is 6.98. The Kier molecular flexibility index (Phi) is 6.60. The Morgan fingerprint density at radius 1 is 1.08 bits per heavy atom. The van der Waals surface area contributed by atoms with Gasteiger partial charge in [-0.2, -0.15) is 0 Å². The molecule has 7 nitrogen and oxygen atoms in total. The maximum Gasteiger partial charge on any atom is 0.245 e. The van der Waals surface area contributed by atoms with E-state index in [0.29, 0.717) is 39.4 Å². The lowest BCUT2D eigenvalue weighted by atomic mass is 9.94. The summed E-state index contributed by atoms with van der Waals surface area (Å²) in [6, 6.07) is -0.528. The van der Waals surface area contributed by atoms with E-state index < -0.39 is 6.04 Å². The van der Waals surface area contributed by atoms with E-state index in [2.05, 4.69) is 5.32 Å². The van der Waals surface area contributed by atoms with E-state index >= 15 is 0 Å². The molecule has 2 rings (SSSR count). The molecule has 0 spiro atoms. The molecule has 2 saturated heterocycles. The maximum absolute atomic E-state index is 12.8. The molecule has 0 aliphatic carbocycles. The van der Waals surface area contributed by atoms with E-state index in [1.807, 2.05) is 18.7 Å². The predicted molar refractivity (Wildman–Crippen MR) is 89.1 cm³/mol. The van der Waals surface area contributed by atoms with E-state index in [9.17, 15) is 14.4 Å². The topological polar surface area (TPSA) is 79.0 Å². The first-order chi connectivity index (χ1) is 11.4. The number of nitrogens with zero attached hydrogens (tertiary/aromatic N) is 2. The number of hydrogen-bond donors (Lipinski definition) is 1. The average molecular weight is 339 g/mol. The van der Waals surface area contributed by atoms with Gasteiger partial charge in [0, 0.05) is 33.1 Å². The molecule has 2 atom stereocenters. The second kappa shape index (κ2) is 8.46. The molecule has 2 fully saturated rings. The Bertz CT molecular complexity index is 474. The smallest absolute Gasteiger partial charge is 0.245 e. The number of nitrogens with one attached hydrogen (secondary N) is 1. The number of likely N-dealkylation sites (tertiary alicyclic amines) is 1. The fourth-order valence-electron chi connectivity index (χ4n) is 3.35. The zero-order valence-corrected chi connectivity index (χ0v) is 14.9. The third-order valence-electron chi connectivity index (χ3n) is 4.70. The van der Waals surface area contributed by atoms with Gasteiger partial charge in [0.15, 0.2) is 0 Å². The SMILES string of the molecule is CC(=O)N[C@@H](C(=O)N1CCC[C@H](C(=O)N2CCOCC2)C1)C(C)C. The molecule has 0 unspecified atom stereocenters. The molecule has 0 aromatic carbocycles. The molecule has 0 saturated carbocycles. The van der Waals surface area contributed by atoms with Gasteiger partial charge in [-0.15, -0.1) is 0 Å². The summed E-state index contributed by atoms with van der Waals surface area (Å²) in [7, 11) is 0. The van der Waals surface area contributed by atoms with Crippen molar-refractivity contribution in [3.8, 4) is 0 Å². The van der Waals surface area contributed by atoms with Crippen molar-refractivity contribution >= 4 is 17.7 Å². The second-order valence-corrected chi connectivity index (χ2v) is 6.98. The monoisotopic (exact) mass is 339 g/mol. The molecular weight excluding hydrogens is 310 g/mol. The van der Waals surface area contributed by atoms with Crippen LogP contribution in [0.15, 0.2) is 0 Å². The lowest BCUT2D eigenvalue weighted by Gasteiger charge is -2.38. The Morgan fingerprint density at radius 3 is 2.33 bits per heavy atom. The molecule has 0 aromatic heterocycles. The van der Waals surface area contributed by atoms with Crippen LogP contribution in [0.1, 0.15) is 33.6 Å². The van der Waals surface area contributed by atoms with Crippen LogP contribution in [-0.4, -0.2) is 73.0 Å². The van der Waals surface area contributed by atoms with Gasteiger partial charge in [-0.05, 0) is 18.8 Å². The summed E-state index contributed by atoms with van der Waals surface area (Å²) in [6.45, 7) is 8.76. The van der Waals surface area contributed by atoms with E-state index in [1.165, 1.54) is 6.92 Å². The van der Waals surface area contributed by atoms with Crippen LogP contribution in [0.4, 0.5) is 0 Å². The van der Waals surface area contributed by atoms with Gasteiger partial charge in [-0.3, -0.25) is 14.4 Å². The summed E-state index contributed by atoms with van der Waals surface area (Å²) in [5.74, 6) is -0.307. The highest BCUT2D eigenvalue weighted by molar-refractivity contribution is 5.88. The molecule has 0 radical (unpaired) electrons. The van der Waals surface area contributed by atoms with Crippen molar-refractivity contribution in [1.29, 1.82) is 0 Å². The van der Waals surface area contributed by atoms with Crippen molar-refractivity contribution < 1.29 is 19.1 Å². The fourth-order valence-corrected chi connectivity index (χ4v) is 3.35. The molecule has 2 aliphatic heterocycles. The first-order valence-corrected chi connectivity index (χ1v) is 8.82. The first kappa shape index (κ1) is 18.7. The van der Waals surface area contributed by atoms with Crippen LogP contribution in [0.3, 0.4) is 0 Å². The molecule has 0 bridgehead atoms. The van der Waals surface area contributed by atoms with Crippen molar-refractivity contribution in [3.05, 3.63) is 0 Å². The number of morpholine rings is 1. The molecule has 0 aromatic rings. The lowest BCUT2D eigenvalue weighted by Crippen LogP contribution is -2.55. The molecular formula is C17H29N3O4. The van der Waals surface area contributed by atoms with Gasteiger partial charge in [0.1, 0.15) is 6.04 Å². The summed E-state index contributed by atoms with van der Waals surface area (Å²) < 4.78 is 5.29. The van der Waals surface area contributed by atoms with Crippen LogP contribution in [0.25, 0.3) is 0 Å². The summed E-state index contributed by atoms with van der Waals surface area (Å²) >= 11 is 0. The van der Waals surface area contributed by atoms with E-state index in [1.54, 1.807) is 4.90 Å². The van der Waals surface area contributed by atoms with Crippen LogP contribution in [-0.2, 0) is 19.1 Å². The number of hydrogen-bond acceptors (Lipinski definition) is 4. The lowest BCUT2D eigenvalue weighted by molar-refractivity contribution is -0.145. The van der Waals surface area contributed by atoms with Gasteiger partial charge in [0.2, 0.25) is 17.7 Å². The molecule has 24 heavy (non-hydrogen) atoms. The largest absolute Gasteiger partial charge is 0.378 e. The van der Waals surface area contributed by atoms with Gasteiger partial charge >= 0.3 is 0 Å². The summed E-state index contributed by atoms with van der Waals surface area (Å²) in [5.41, 5.74) is 0. The Morgan fingerprint density at radius 2 is 1.75 bits per heavy atom. The standard InChI is InChI=1S/C17H29N3O4/c1-12(2)15(18-13(3)21)17(23)20-6-4-5-14(11-20)16(22)19-7-9-24-10-8-19/h12,14-15H,4-11H2,1-3H3,(H,18,21)/t14-,15+/m0/s1. The number of piperidine rings is 1. The minimum Gasteiger partial charge on any atom is -0.378 e. The summed E-state index contributed by atoms with van der Waals surface area (Å²) in [5, 5.41) is 2.74. The van der Waals surface area contributed by atoms with Crippen LogP contribution in [0, 0.1) is 11.8 Å². The van der Waals surface area contributed by atoms with Crippen LogP contribution < -0.4 is 5.32 Å². The third-order valence-corrected chi connectivity index (χ3v) is 4.70. The first-order valence-electron chi connectivity index (χ1n) is 8.82. The summed E-state index contributed by atoms with van der Waals surface area (Å²) in [4.78, 5) is 40.4. The Labute approximate surface area is 143 Å². The van der Waals surface area contributed by atoms with Crippen LogP contribution in [0.5, 0.6) is 0 Å². The van der Waals surface area contributed by atoms with E-state index in [4.69, 9.17) is 4.74 Å². The predicted octanol–water partition coefficient (Wildman–Crippen LogP) is 0.245. The minimum absolute atomic E-state index is 0.0109. The number of ether oxygens (including phenoxy) is 1. The van der Waals surface area contributed by atoms with Crippen molar-refractivity contribution in [2.24, 2.45) is 11.8 Å². The Balaban J connectivity index is 1.99. The van der Waals surface area contributed by atoms with E-state index in [-0.39, 0.29) is 29.6 Å². The fraction of sp³-hybridized carbons (Fsp3) is 0.824. The average Bonchev–Trinajstić information content (AvgIpc) is 2.59. The number of carbonyl (C=O) groups is 3. The van der Waals surface area contributed by atoms with Gasteiger partial charge in [-0.25, -0.2) is 0 Å². The molecule has 2 aliphatic rings. The normalized spacial score (nSPS) is 23.1. The van der Waals surface area contributed by atoms with Gasteiger partial charge in [-0.1, -0.05) is 13.8 Å². The molecule has 7 heteroatoms. The quantitative estimate of drug-likeness (QED) is 0.796. The molecule has 1 N–H and O–H groups in total. The number of carbonyl (C=O) groups excluding carboxylic acids is 3. The highest BCUT2D eigenvalue weighted by Gasteiger charge is 2.35. The van der Waals surface area contributed by atoms with Crippen molar-refractivity contribution in [1.82, 2.24) is 15.1 Å². The molecule has 136 valence electrons. The van der Waals surface area contributed by atoms with Gasteiger partial charge in [0.05, 0.1) is 19.1 Å². The number of rotatable bonds is 4. The van der Waals surface area contributed by atoms with Crippen molar-refractivity contribution in [2.45, 2.75) is 39.7 Å². The zero-order valence-electron chi connectivity index (χ0n) is 14.9. The van der Waals surface area contributed by atoms with Gasteiger partial charge in [0.25, 0.3) is 0 Å². The maximum atomic E-state index is 12.8. The highest BCUT2D eigenvalue weighted by atomic mass is 16.5. The third kappa shape index (κ3) is 4.69. The number of amides is 3. The van der Waals surface area contributed by atoms with Crippen LogP contribution in [0.2, 0.25) is 0 Å². The Hall–Kier alpha value is -1.63. The minimum atomic E-state index is -0.528. The van der Waals surface area contributed by atoms with E-state index in [0.717, 1.165) is 12.8 Å². The van der Waals surface area contributed by atoms with Gasteiger partial charge < -0.3 is 19.9 Å².